The Morgan fingerprint density at radius 3 is 2.17 bits per heavy atom. The number of hydrogen-bond donors (Lipinski definition) is 2. The molecule has 144 valence electrons. The van der Waals surface area contributed by atoms with E-state index in [0.29, 0.717) is 33.0 Å². The van der Waals surface area contributed by atoms with Crippen molar-refractivity contribution in [2.24, 2.45) is 0 Å². The van der Waals surface area contributed by atoms with Gasteiger partial charge in [-0.2, -0.15) is 0 Å². The maximum absolute atomic E-state index is 13.2. The number of fused-ring (bicyclic) bond motifs is 1. The van der Waals surface area contributed by atoms with Gasteiger partial charge in [0.05, 0.1) is 0 Å². The summed E-state index contributed by atoms with van der Waals surface area (Å²) in [5.41, 5.74) is 2.93. The highest BCUT2D eigenvalue weighted by molar-refractivity contribution is 7.49. The molecule has 4 nitrogen and oxygen atoms in total. The zero-order valence-electron chi connectivity index (χ0n) is 16.1. The molecule has 1 unspecified atom stereocenters. The highest BCUT2D eigenvalue weighted by atomic mass is 31.1. The molecule has 4 aromatic carbocycles. The summed E-state index contributed by atoms with van der Waals surface area (Å²) >= 11 is 0. The van der Waals surface area contributed by atoms with Crippen LogP contribution in [0.1, 0.15) is 11.1 Å². The van der Waals surface area contributed by atoms with E-state index in [2.05, 4.69) is 0 Å². The van der Waals surface area contributed by atoms with Crippen LogP contribution in [0.3, 0.4) is 0 Å². The minimum atomic E-state index is -2.23. The summed E-state index contributed by atoms with van der Waals surface area (Å²) in [5, 5.41) is 22.6. The molecule has 0 bridgehead atoms. The molecule has 5 heteroatoms. The summed E-state index contributed by atoms with van der Waals surface area (Å²) in [6.07, 6.45) is 0. The summed E-state index contributed by atoms with van der Waals surface area (Å²) < 4.78 is 19.1. The fourth-order valence-electron chi connectivity index (χ4n) is 3.53. The van der Waals surface area contributed by atoms with Crippen LogP contribution in [0.2, 0.25) is 0 Å². The van der Waals surface area contributed by atoms with Gasteiger partial charge in [-0.3, -0.25) is 0 Å². The number of rotatable bonds is 4. The van der Waals surface area contributed by atoms with E-state index >= 15 is 0 Å². The Bertz CT molecular complexity index is 1230. The minimum Gasteiger partial charge on any atom is -0.507 e. The van der Waals surface area contributed by atoms with Gasteiger partial charge >= 0.3 is 8.03 Å². The van der Waals surface area contributed by atoms with Crippen molar-refractivity contribution in [2.75, 3.05) is 0 Å². The van der Waals surface area contributed by atoms with Crippen LogP contribution >= 0.6 is 8.03 Å². The second-order valence-electron chi connectivity index (χ2n) is 6.92. The van der Waals surface area contributed by atoms with Gasteiger partial charge in [-0.15, -0.1) is 0 Å². The maximum atomic E-state index is 13.2. The topological polar surface area (TPSA) is 66.8 Å². The lowest BCUT2D eigenvalue weighted by atomic mass is 9.97. The first-order valence-corrected chi connectivity index (χ1v) is 10.4. The van der Waals surface area contributed by atoms with Crippen LogP contribution in [-0.2, 0) is 4.57 Å². The molecule has 4 aromatic rings. The zero-order valence-corrected chi connectivity index (χ0v) is 17.0. The molecule has 0 amide bonds. The molecule has 0 aliphatic carbocycles. The Kier molecular flexibility index (Phi) is 4.96. The van der Waals surface area contributed by atoms with Crippen molar-refractivity contribution in [3.8, 4) is 28.4 Å². The highest BCUT2D eigenvalue weighted by Gasteiger charge is 2.31. The fourth-order valence-corrected chi connectivity index (χ4v) is 4.68. The van der Waals surface area contributed by atoms with Crippen molar-refractivity contribution in [3.05, 3.63) is 83.9 Å². The zero-order chi connectivity index (χ0) is 20.5. The lowest BCUT2D eigenvalue weighted by molar-refractivity contribution is 0.476. The number of aryl methyl sites for hydroxylation is 2. The third-order valence-corrected chi connectivity index (χ3v) is 6.10. The first kappa shape index (κ1) is 19.0. The quantitative estimate of drug-likeness (QED) is 0.411. The molecule has 0 heterocycles. The van der Waals surface area contributed by atoms with Crippen LogP contribution in [0.25, 0.3) is 21.9 Å². The predicted molar refractivity (Wildman–Crippen MR) is 116 cm³/mol. The molecule has 0 aliphatic heterocycles. The number of aromatic hydroxyl groups is 2. The van der Waals surface area contributed by atoms with Gasteiger partial charge in [0.2, 0.25) is 5.30 Å². The van der Waals surface area contributed by atoms with Crippen LogP contribution in [0.15, 0.2) is 72.8 Å². The first-order chi connectivity index (χ1) is 14.0. The van der Waals surface area contributed by atoms with Crippen molar-refractivity contribution in [1.82, 2.24) is 0 Å². The lowest BCUT2D eigenvalue weighted by Crippen LogP contribution is -2.05. The van der Waals surface area contributed by atoms with E-state index in [1.807, 2.05) is 44.2 Å². The lowest BCUT2D eigenvalue weighted by Gasteiger charge is -2.11. The van der Waals surface area contributed by atoms with E-state index < -0.39 is 8.03 Å². The summed E-state index contributed by atoms with van der Waals surface area (Å²) in [5.74, 6) is 0.770. The van der Waals surface area contributed by atoms with E-state index in [4.69, 9.17) is 4.52 Å². The van der Waals surface area contributed by atoms with Gasteiger partial charge in [0.15, 0.2) is 5.75 Å². The molecule has 0 saturated carbocycles. The van der Waals surface area contributed by atoms with Gasteiger partial charge < -0.3 is 10.2 Å². The smallest absolute Gasteiger partial charge is 0.507 e. The van der Waals surface area contributed by atoms with Gasteiger partial charge in [0.1, 0.15) is 11.5 Å². The monoisotopic (exact) mass is 403 g/mol. The molecule has 4 rings (SSSR count). The van der Waals surface area contributed by atoms with Crippen molar-refractivity contribution in [1.29, 1.82) is 0 Å². The standard InChI is InChI=1S/C24H19O4P/c1-15-7-5-8-16(2)24(15)28-29(27)22-12-4-3-9-19(22)23-18-10-6-11-20(25)17(18)13-14-21(23)26/h3-14H,1-2H3,(H-,25,26,27)/p+1. The second kappa shape index (κ2) is 7.57. The Labute approximate surface area is 169 Å². The Morgan fingerprint density at radius 2 is 1.41 bits per heavy atom. The molecular formula is C24H20O4P+. The van der Waals surface area contributed by atoms with E-state index in [9.17, 15) is 14.8 Å². The summed E-state index contributed by atoms with van der Waals surface area (Å²) in [4.78, 5) is 0. The molecule has 0 spiro atoms. The molecule has 0 radical (unpaired) electrons. The first-order valence-electron chi connectivity index (χ1n) is 9.22. The average molecular weight is 403 g/mol. The van der Waals surface area contributed by atoms with Crippen LogP contribution < -0.4 is 9.83 Å². The molecule has 0 aromatic heterocycles. The third-order valence-electron chi connectivity index (χ3n) is 4.97. The number of phenols is 2. The molecule has 1 atom stereocenters. The van der Waals surface area contributed by atoms with Crippen LogP contribution in [0.5, 0.6) is 17.2 Å². The van der Waals surface area contributed by atoms with E-state index in [-0.39, 0.29) is 11.5 Å². The van der Waals surface area contributed by atoms with E-state index in [0.717, 1.165) is 11.1 Å². The van der Waals surface area contributed by atoms with Crippen LogP contribution in [0.4, 0.5) is 0 Å². The maximum Gasteiger partial charge on any atom is 0.597 e. The fraction of sp³-hybridized carbons (Fsp3) is 0.0833. The SMILES string of the molecule is Cc1cccc(C)c1O[P+](=O)c1ccccc1-c1c(O)ccc2c(O)cccc12. The molecule has 29 heavy (non-hydrogen) atoms. The van der Waals surface area contributed by atoms with Crippen LogP contribution in [0, 0.1) is 13.8 Å². The van der Waals surface area contributed by atoms with Gasteiger partial charge in [0.25, 0.3) is 0 Å². The Morgan fingerprint density at radius 1 is 0.724 bits per heavy atom. The van der Waals surface area contributed by atoms with Gasteiger partial charge in [-0.25, -0.2) is 4.52 Å². The number of benzene rings is 4. The normalized spacial score (nSPS) is 11.4. The summed E-state index contributed by atoms with van der Waals surface area (Å²) in [6.45, 7) is 3.83. The number of hydrogen-bond acceptors (Lipinski definition) is 4. The van der Waals surface area contributed by atoms with Gasteiger partial charge in [-0.05, 0) is 65.3 Å². The molecule has 2 N–H and O–H groups in total. The highest BCUT2D eigenvalue weighted by Crippen LogP contribution is 2.41. The third kappa shape index (κ3) is 3.43. The summed E-state index contributed by atoms with van der Waals surface area (Å²) in [7, 11) is -2.23. The van der Waals surface area contributed by atoms with Crippen molar-refractivity contribution in [2.45, 2.75) is 13.8 Å². The van der Waals surface area contributed by atoms with E-state index in [1.165, 1.54) is 6.07 Å². The Balaban J connectivity index is 1.87. The molecule has 0 aliphatic rings. The molecule has 0 saturated heterocycles. The number of phenolic OH excluding ortho intramolecular Hbond substituents is 2. The minimum absolute atomic E-state index is 0.0472. The second-order valence-corrected chi connectivity index (χ2v) is 8.10. The number of para-hydroxylation sites is 1. The molecular weight excluding hydrogens is 383 g/mol. The summed E-state index contributed by atoms with van der Waals surface area (Å²) in [6, 6.07) is 21.2. The van der Waals surface area contributed by atoms with Crippen LogP contribution in [-0.4, -0.2) is 10.2 Å². The van der Waals surface area contributed by atoms with E-state index in [1.54, 1.807) is 36.4 Å². The molecule has 0 fully saturated rings. The van der Waals surface area contributed by atoms with Crippen molar-refractivity contribution in [3.63, 3.8) is 0 Å². The van der Waals surface area contributed by atoms with Crippen molar-refractivity contribution >= 4 is 24.1 Å². The van der Waals surface area contributed by atoms with Gasteiger partial charge in [0, 0.05) is 16.5 Å². The van der Waals surface area contributed by atoms with Crippen molar-refractivity contribution < 1.29 is 19.3 Å². The largest absolute Gasteiger partial charge is 0.597 e. The predicted octanol–water partition coefficient (Wildman–Crippen LogP) is 5.98. The Hall–Kier alpha value is -3.36. The average Bonchev–Trinajstić information content (AvgIpc) is 2.71. The van der Waals surface area contributed by atoms with Gasteiger partial charge in [-0.1, -0.05) is 42.5 Å².